The number of rotatable bonds is 3. The Morgan fingerprint density at radius 3 is 2.39 bits per heavy atom. The molecule has 1 fully saturated rings. The number of aromatic nitrogens is 1. The molecule has 148 valence electrons. The summed E-state index contributed by atoms with van der Waals surface area (Å²) in [5.41, 5.74) is 2.11. The third-order valence-corrected chi connectivity index (χ3v) is 5.48. The normalized spacial score (nSPS) is 27.4. The minimum atomic E-state index is -1.54. The number of hydrogen-bond acceptors (Lipinski definition) is 7. The Kier molecular flexibility index (Phi) is 6.17. The molecule has 3 rings (SSSR count). The Hall–Kier alpha value is -1.83. The molecule has 9 heteroatoms. The zero-order valence-electron chi connectivity index (χ0n) is 14.9. The molecule has 1 aliphatic heterocycles. The second-order valence-corrected chi connectivity index (χ2v) is 7.41. The van der Waals surface area contributed by atoms with Gasteiger partial charge < -0.3 is 29.7 Å². The van der Waals surface area contributed by atoms with E-state index in [0.29, 0.717) is 16.3 Å². The van der Waals surface area contributed by atoms with Crippen molar-refractivity contribution in [2.75, 3.05) is 6.61 Å². The minimum absolute atomic E-state index is 0.108. The summed E-state index contributed by atoms with van der Waals surface area (Å²) in [5.74, 6) is 0. The van der Waals surface area contributed by atoms with E-state index in [2.05, 4.69) is 6.07 Å². The Morgan fingerprint density at radius 2 is 1.82 bits per heavy atom. The highest BCUT2D eigenvalue weighted by molar-refractivity contribution is 7.71. The first-order chi connectivity index (χ1) is 13.3. The van der Waals surface area contributed by atoms with E-state index in [4.69, 9.17) is 28.6 Å². The Labute approximate surface area is 171 Å². The number of pyridine rings is 1. The molecule has 5 atom stereocenters. The van der Waals surface area contributed by atoms with Crippen molar-refractivity contribution >= 4 is 23.8 Å². The van der Waals surface area contributed by atoms with E-state index in [1.807, 2.05) is 0 Å². The predicted molar refractivity (Wildman–Crippen MR) is 104 cm³/mol. The lowest BCUT2D eigenvalue weighted by atomic mass is 9.97. The van der Waals surface area contributed by atoms with Crippen molar-refractivity contribution in [1.82, 2.24) is 4.57 Å². The number of hydrogen-bond donors (Lipinski definition) is 4. The van der Waals surface area contributed by atoms with Gasteiger partial charge >= 0.3 is 0 Å². The molecule has 1 aromatic carbocycles. The molecule has 4 N–H and O–H groups in total. The van der Waals surface area contributed by atoms with E-state index in [1.54, 1.807) is 37.3 Å². The third-order valence-electron chi connectivity index (χ3n) is 4.82. The molecule has 1 saturated heterocycles. The first kappa shape index (κ1) is 20.9. The van der Waals surface area contributed by atoms with Crippen LogP contribution in [-0.2, 0) is 4.74 Å². The van der Waals surface area contributed by atoms with Crippen molar-refractivity contribution in [3.05, 3.63) is 51.3 Å². The largest absolute Gasteiger partial charge is 0.394 e. The van der Waals surface area contributed by atoms with Crippen LogP contribution in [0, 0.1) is 22.9 Å². The molecule has 0 unspecified atom stereocenters. The van der Waals surface area contributed by atoms with Crippen molar-refractivity contribution < 1.29 is 25.2 Å². The van der Waals surface area contributed by atoms with Crippen LogP contribution in [0.25, 0.3) is 11.1 Å². The van der Waals surface area contributed by atoms with E-state index >= 15 is 0 Å². The molecule has 0 amide bonds. The van der Waals surface area contributed by atoms with Gasteiger partial charge in [0.05, 0.1) is 12.2 Å². The summed E-state index contributed by atoms with van der Waals surface area (Å²) in [5, 5.41) is 50.2. The summed E-state index contributed by atoms with van der Waals surface area (Å²) >= 11 is 11.4. The molecule has 0 spiro atoms. The summed E-state index contributed by atoms with van der Waals surface area (Å²) in [6, 6.07) is 10.8. The number of aryl methyl sites for hydroxylation is 1. The van der Waals surface area contributed by atoms with Gasteiger partial charge in [0, 0.05) is 16.3 Å². The number of halogens is 1. The average Bonchev–Trinajstić information content (AvgIpc) is 2.68. The first-order valence-electron chi connectivity index (χ1n) is 8.52. The second-order valence-electron chi connectivity index (χ2n) is 6.59. The van der Waals surface area contributed by atoms with Gasteiger partial charge in [0.15, 0.2) is 6.23 Å². The van der Waals surface area contributed by atoms with Crippen LogP contribution in [0.4, 0.5) is 0 Å². The molecule has 1 aromatic heterocycles. The molecule has 1 aliphatic rings. The molecule has 28 heavy (non-hydrogen) atoms. The average molecular weight is 423 g/mol. The smallest absolute Gasteiger partial charge is 0.164 e. The van der Waals surface area contributed by atoms with Crippen molar-refractivity contribution in [3.63, 3.8) is 0 Å². The Balaban J connectivity index is 2.14. The molecule has 2 aromatic rings. The molecule has 0 radical (unpaired) electrons. The topological polar surface area (TPSA) is 119 Å². The fourth-order valence-electron chi connectivity index (χ4n) is 3.32. The molecule has 2 heterocycles. The van der Waals surface area contributed by atoms with Gasteiger partial charge in [-0.25, -0.2) is 0 Å². The van der Waals surface area contributed by atoms with Crippen molar-refractivity contribution in [2.45, 2.75) is 37.6 Å². The third kappa shape index (κ3) is 3.58. The van der Waals surface area contributed by atoms with E-state index in [-0.39, 0.29) is 10.2 Å². The van der Waals surface area contributed by atoms with Crippen molar-refractivity contribution in [2.24, 2.45) is 0 Å². The van der Waals surface area contributed by atoms with E-state index in [1.165, 1.54) is 4.57 Å². The number of nitriles is 1. The second kappa shape index (κ2) is 8.27. The monoisotopic (exact) mass is 422 g/mol. The first-order valence-corrected chi connectivity index (χ1v) is 9.31. The zero-order chi connectivity index (χ0) is 20.6. The number of aliphatic hydroxyl groups excluding tert-OH is 4. The van der Waals surface area contributed by atoms with E-state index < -0.39 is 37.3 Å². The lowest BCUT2D eigenvalue weighted by molar-refractivity contribution is -0.252. The highest BCUT2D eigenvalue weighted by Crippen LogP contribution is 2.33. The standard InChI is InChI=1S/C19H19ClN2O5S/c1-9-6-12(10-2-4-11(20)5-3-10)13(7-21)19(28)22(9)18-17(26)16(25)15(24)14(8-23)27-18/h2-6,14-18,23-26H,8H2,1H3/t14-,15+,16+,17-,18-/m1/s1. The quantitative estimate of drug-likeness (QED) is 0.556. The molecular formula is C19H19ClN2O5S. The SMILES string of the molecule is Cc1cc(-c2ccc(Cl)cc2)c(C#N)c(=S)n1[C@@H]1O[C@H](CO)[C@H](O)[C@H](O)[C@H]1O. The van der Waals surface area contributed by atoms with Crippen LogP contribution in [-0.4, -0.2) is 56.0 Å². The minimum Gasteiger partial charge on any atom is -0.394 e. The number of aliphatic hydroxyl groups is 4. The van der Waals surface area contributed by atoms with Gasteiger partial charge in [-0.05, 0) is 30.7 Å². The molecular weight excluding hydrogens is 404 g/mol. The summed E-state index contributed by atoms with van der Waals surface area (Å²) in [6.07, 6.45) is -6.77. The Bertz CT molecular complexity index is 970. The van der Waals surface area contributed by atoms with Crippen LogP contribution in [0.5, 0.6) is 0 Å². The predicted octanol–water partition coefficient (Wildman–Crippen LogP) is 1.69. The van der Waals surface area contributed by atoms with Gasteiger partial charge in [0.25, 0.3) is 0 Å². The summed E-state index contributed by atoms with van der Waals surface area (Å²) < 4.78 is 7.12. The Morgan fingerprint density at radius 1 is 1.18 bits per heavy atom. The van der Waals surface area contributed by atoms with Crippen LogP contribution in [0.3, 0.4) is 0 Å². The van der Waals surface area contributed by atoms with Crippen LogP contribution in [0.15, 0.2) is 30.3 Å². The zero-order valence-corrected chi connectivity index (χ0v) is 16.4. The summed E-state index contributed by atoms with van der Waals surface area (Å²) in [4.78, 5) is 0. The van der Waals surface area contributed by atoms with Gasteiger partial charge in [-0.2, -0.15) is 5.26 Å². The highest BCUT2D eigenvalue weighted by atomic mass is 35.5. The van der Waals surface area contributed by atoms with Crippen molar-refractivity contribution in [1.29, 1.82) is 5.26 Å². The maximum atomic E-state index is 10.4. The lowest BCUT2D eigenvalue weighted by Gasteiger charge is -2.41. The lowest BCUT2D eigenvalue weighted by Crippen LogP contribution is -2.56. The molecule has 0 bridgehead atoms. The number of benzene rings is 1. The van der Waals surface area contributed by atoms with E-state index in [9.17, 15) is 25.7 Å². The van der Waals surface area contributed by atoms with E-state index in [0.717, 1.165) is 5.56 Å². The van der Waals surface area contributed by atoms with Crippen LogP contribution in [0.2, 0.25) is 5.02 Å². The maximum absolute atomic E-state index is 10.4. The number of ether oxygens (including phenoxy) is 1. The van der Waals surface area contributed by atoms with Gasteiger partial charge in [-0.3, -0.25) is 0 Å². The molecule has 0 aliphatic carbocycles. The van der Waals surface area contributed by atoms with Gasteiger partial charge in [0.1, 0.15) is 35.1 Å². The fourth-order valence-corrected chi connectivity index (χ4v) is 3.85. The van der Waals surface area contributed by atoms with Crippen molar-refractivity contribution in [3.8, 4) is 17.2 Å². The van der Waals surface area contributed by atoms with Crippen LogP contribution < -0.4 is 0 Å². The van der Waals surface area contributed by atoms with Gasteiger partial charge in [0.2, 0.25) is 0 Å². The van der Waals surface area contributed by atoms with Crippen LogP contribution >= 0.6 is 23.8 Å². The van der Waals surface area contributed by atoms with Crippen LogP contribution in [0.1, 0.15) is 17.5 Å². The molecule has 0 saturated carbocycles. The number of nitrogens with zero attached hydrogens (tertiary/aromatic N) is 2. The summed E-state index contributed by atoms with van der Waals surface area (Å²) in [6.45, 7) is 1.17. The van der Waals surface area contributed by atoms with Gasteiger partial charge in [-0.15, -0.1) is 0 Å². The fraction of sp³-hybridized carbons (Fsp3) is 0.368. The van der Waals surface area contributed by atoms with Gasteiger partial charge in [-0.1, -0.05) is 36.0 Å². The highest BCUT2D eigenvalue weighted by Gasteiger charge is 2.44. The summed E-state index contributed by atoms with van der Waals surface area (Å²) in [7, 11) is 0. The molecule has 7 nitrogen and oxygen atoms in total. The maximum Gasteiger partial charge on any atom is 0.164 e.